The molecule has 0 amide bonds. The minimum Gasteiger partial charge on any atom is -0.486 e. The van der Waals surface area contributed by atoms with Crippen LogP contribution in [-0.4, -0.2) is 23.1 Å². The number of hydrogen-bond donors (Lipinski definition) is 2. The molecule has 5 heteroatoms. The zero-order valence-electron chi connectivity index (χ0n) is 13.6. The molecule has 3 rings (SSSR count). The summed E-state index contributed by atoms with van der Waals surface area (Å²) in [5.41, 5.74) is 9.21. The van der Waals surface area contributed by atoms with Crippen LogP contribution in [0.25, 0.3) is 0 Å². The molecule has 2 aromatic rings. The van der Waals surface area contributed by atoms with Crippen molar-refractivity contribution in [3.05, 3.63) is 46.9 Å². The summed E-state index contributed by atoms with van der Waals surface area (Å²) in [4.78, 5) is 9.33. The maximum absolute atomic E-state index is 5.81. The van der Waals surface area contributed by atoms with Crippen LogP contribution in [0.2, 0.25) is 0 Å². The highest BCUT2D eigenvalue weighted by Crippen LogP contribution is 2.26. The molecule has 0 saturated heterocycles. The molecule has 1 aromatic heterocycles. The Morgan fingerprint density at radius 2 is 2.00 bits per heavy atom. The molecule has 1 aliphatic carbocycles. The van der Waals surface area contributed by atoms with Crippen molar-refractivity contribution < 1.29 is 4.74 Å². The highest BCUT2D eigenvalue weighted by Gasteiger charge is 2.19. The molecule has 0 bridgehead atoms. The molecule has 0 spiro atoms. The third kappa shape index (κ3) is 3.99. The van der Waals surface area contributed by atoms with Crippen molar-refractivity contribution in [3.8, 4) is 5.75 Å². The molecule has 0 aliphatic heterocycles. The Kier molecular flexibility index (Phi) is 5.08. The minimum absolute atomic E-state index is 0.391. The first-order valence-electron chi connectivity index (χ1n) is 8.28. The normalized spacial score (nSPS) is 13.0. The van der Waals surface area contributed by atoms with Gasteiger partial charge in [0.1, 0.15) is 18.2 Å². The fourth-order valence-corrected chi connectivity index (χ4v) is 2.79. The Bertz CT molecular complexity index is 655. The van der Waals surface area contributed by atoms with E-state index >= 15 is 0 Å². The smallest absolute Gasteiger partial charge is 0.168 e. The predicted molar refractivity (Wildman–Crippen MR) is 91.7 cm³/mol. The van der Waals surface area contributed by atoms with Crippen molar-refractivity contribution in [2.45, 2.75) is 39.2 Å². The van der Waals surface area contributed by atoms with E-state index in [1.807, 2.05) is 24.3 Å². The summed E-state index contributed by atoms with van der Waals surface area (Å²) in [5.74, 6) is 2.54. The van der Waals surface area contributed by atoms with Crippen molar-refractivity contribution in [2.24, 2.45) is 5.73 Å². The van der Waals surface area contributed by atoms with Gasteiger partial charge in [-0.15, -0.1) is 0 Å². The van der Waals surface area contributed by atoms with Crippen LogP contribution >= 0.6 is 0 Å². The molecule has 0 saturated carbocycles. The molecule has 0 unspecified atom stereocenters. The van der Waals surface area contributed by atoms with E-state index in [0.29, 0.717) is 13.2 Å². The highest BCUT2D eigenvalue weighted by molar-refractivity contribution is 5.48. The molecule has 0 fully saturated rings. The van der Waals surface area contributed by atoms with E-state index in [4.69, 9.17) is 10.5 Å². The molecule has 23 heavy (non-hydrogen) atoms. The van der Waals surface area contributed by atoms with Crippen LogP contribution in [0, 0.1) is 6.92 Å². The van der Waals surface area contributed by atoms with Gasteiger partial charge in [-0.3, -0.25) is 0 Å². The third-order valence-electron chi connectivity index (χ3n) is 4.04. The van der Waals surface area contributed by atoms with Crippen LogP contribution in [0.3, 0.4) is 0 Å². The molecular weight excluding hydrogens is 288 g/mol. The highest BCUT2D eigenvalue weighted by atomic mass is 16.5. The Morgan fingerprint density at radius 1 is 1.17 bits per heavy atom. The predicted octanol–water partition coefficient (Wildman–Crippen LogP) is 2.61. The van der Waals surface area contributed by atoms with E-state index in [9.17, 15) is 0 Å². The Morgan fingerprint density at radius 3 is 2.78 bits per heavy atom. The first kappa shape index (κ1) is 15.7. The van der Waals surface area contributed by atoms with Gasteiger partial charge in [-0.05, 0) is 51.3 Å². The first-order valence-corrected chi connectivity index (χ1v) is 8.28. The number of aromatic nitrogens is 2. The van der Waals surface area contributed by atoms with Gasteiger partial charge in [0.15, 0.2) is 5.82 Å². The van der Waals surface area contributed by atoms with Gasteiger partial charge in [0.2, 0.25) is 0 Å². The van der Waals surface area contributed by atoms with E-state index in [1.165, 1.54) is 11.1 Å². The number of fused-ring (bicyclic) bond motifs is 1. The summed E-state index contributed by atoms with van der Waals surface area (Å²) in [5, 5.41) is 3.41. The van der Waals surface area contributed by atoms with Crippen LogP contribution < -0.4 is 15.8 Å². The van der Waals surface area contributed by atoms with Gasteiger partial charge in [-0.1, -0.05) is 17.7 Å². The van der Waals surface area contributed by atoms with Crippen LogP contribution in [0.4, 0.5) is 5.82 Å². The number of ether oxygens (including phenoxy) is 1. The van der Waals surface area contributed by atoms with E-state index in [2.05, 4.69) is 22.2 Å². The summed E-state index contributed by atoms with van der Waals surface area (Å²) in [6.07, 6.45) is 4.17. The third-order valence-corrected chi connectivity index (χ3v) is 4.04. The maximum atomic E-state index is 5.81. The molecule has 1 aromatic carbocycles. The fraction of sp³-hybridized carbons (Fsp3) is 0.444. The number of rotatable bonds is 7. The van der Waals surface area contributed by atoms with Crippen LogP contribution in [0.5, 0.6) is 5.75 Å². The molecular formula is C18H24N4O. The van der Waals surface area contributed by atoms with Gasteiger partial charge >= 0.3 is 0 Å². The quantitative estimate of drug-likeness (QED) is 0.769. The minimum atomic E-state index is 0.391. The van der Waals surface area contributed by atoms with Gasteiger partial charge in [0.05, 0.1) is 0 Å². The topological polar surface area (TPSA) is 73.1 Å². The summed E-state index contributed by atoms with van der Waals surface area (Å²) in [6.45, 7) is 3.98. The molecule has 0 atom stereocenters. The number of benzene rings is 1. The fourth-order valence-electron chi connectivity index (χ4n) is 2.79. The van der Waals surface area contributed by atoms with Crippen molar-refractivity contribution in [3.63, 3.8) is 0 Å². The van der Waals surface area contributed by atoms with Gasteiger partial charge in [-0.2, -0.15) is 0 Å². The standard InChI is InChI=1S/C18H24N4O/c1-13-6-8-14(9-7-13)23-12-17-21-16-5-2-4-15(16)18(22-17)20-11-3-10-19/h6-9H,2-5,10-12,19H2,1H3,(H,20,21,22). The van der Waals surface area contributed by atoms with E-state index < -0.39 is 0 Å². The summed E-state index contributed by atoms with van der Waals surface area (Å²) >= 11 is 0. The Balaban J connectivity index is 1.71. The zero-order chi connectivity index (χ0) is 16.1. The molecule has 3 N–H and O–H groups in total. The number of nitrogens with one attached hydrogen (secondary N) is 1. The second-order valence-electron chi connectivity index (χ2n) is 5.94. The van der Waals surface area contributed by atoms with Gasteiger partial charge < -0.3 is 15.8 Å². The maximum Gasteiger partial charge on any atom is 0.168 e. The van der Waals surface area contributed by atoms with Gasteiger partial charge in [-0.25, -0.2) is 9.97 Å². The van der Waals surface area contributed by atoms with Crippen LogP contribution in [0.1, 0.15) is 35.5 Å². The Labute approximate surface area is 137 Å². The summed E-state index contributed by atoms with van der Waals surface area (Å²) in [7, 11) is 0. The van der Waals surface area contributed by atoms with Crippen molar-refractivity contribution in [2.75, 3.05) is 18.4 Å². The lowest BCUT2D eigenvalue weighted by atomic mass is 10.2. The second kappa shape index (κ2) is 7.42. The van der Waals surface area contributed by atoms with Crippen LogP contribution in [0.15, 0.2) is 24.3 Å². The average molecular weight is 312 g/mol. The lowest BCUT2D eigenvalue weighted by molar-refractivity contribution is 0.295. The van der Waals surface area contributed by atoms with E-state index in [-0.39, 0.29) is 0 Å². The SMILES string of the molecule is Cc1ccc(OCc2nc3c(c(NCCCN)n2)CCC3)cc1. The monoisotopic (exact) mass is 312 g/mol. The Hall–Kier alpha value is -2.14. The first-order chi connectivity index (χ1) is 11.3. The molecule has 0 radical (unpaired) electrons. The van der Waals surface area contributed by atoms with Crippen molar-refractivity contribution in [1.29, 1.82) is 0 Å². The number of anilines is 1. The molecule has 122 valence electrons. The lowest BCUT2D eigenvalue weighted by Crippen LogP contribution is -2.13. The van der Waals surface area contributed by atoms with Crippen molar-refractivity contribution >= 4 is 5.82 Å². The largest absolute Gasteiger partial charge is 0.486 e. The van der Waals surface area contributed by atoms with Gasteiger partial charge in [0, 0.05) is 17.8 Å². The van der Waals surface area contributed by atoms with Crippen molar-refractivity contribution in [1.82, 2.24) is 9.97 Å². The van der Waals surface area contributed by atoms with Gasteiger partial charge in [0.25, 0.3) is 0 Å². The van der Waals surface area contributed by atoms with E-state index in [0.717, 1.165) is 55.3 Å². The lowest BCUT2D eigenvalue weighted by Gasteiger charge is -2.12. The molecule has 5 nitrogen and oxygen atoms in total. The number of aryl methyl sites for hydroxylation is 2. The second-order valence-corrected chi connectivity index (χ2v) is 5.94. The molecule has 1 aliphatic rings. The van der Waals surface area contributed by atoms with Crippen LogP contribution in [-0.2, 0) is 19.4 Å². The summed E-state index contributed by atoms with van der Waals surface area (Å²) in [6, 6.07) is 8.03. The average Bonchev–Trinajstić information content (AvgIpc) is 3.03. The van der Waals surface area contributed by atoms with E-state index in [1.54, 1.807) is 0 Å². The zero-order valence-corrected chi connectivity index (χ0v) is 13.6. The number of nitrogens with two attached hydrogens (primary N) is 1. The number of hydrogen-bond acceptors (Lipinski definition) is 5. The molecule has 1 heterocycles. The number of nitrogens with zero attached hydrogens (tertiary/aromatic N) is 2. The summed E-state index contributed by atoms with van der Waals surface area (Å²) < 4.78 is 5.81.